The van der Waals surface area contributed by atoms with Gasteiger partial charge in [0.2, 0.25) is 0 Å². The van der Waals surface area contributed by atoms with Crippen molar-refractivity contribution in [1.82, 2.24) is 5.32 Å². The van der Waals surface area contributed by atoms with Crippen LogP contribution in [0.15, 0.2) is 30.3 Å². The zero-order valence-corrected chi connectivity index (χ0v) is 19.8. The van der Waals surface area contributed by atoms with E-state index in [2.05, 4.69) is 5.32 Å². The normalized spacial score (nSPS) is 12.5. The van der Waals surface area contributed by atoms with E-state index in [-0.39, 0.29) is 47.2 Å². The molecule has 3 N–H and O–H groups in total. The first-order chi connectivity index (χ1) is 17.1. The van der Waals surface area contributed by atoms with Gasteiger partial charge in [0.15, 0.2) is 6.04 Å². The van der Waals surface area contributed by atoms with Gasteiger partial charge in [0.05, 0.1) is 34.1 Å². The number of alkyl halides is 6. The second-order valence-corrected chi connectivity index (χ2v) is 7.67. The molecule has 2 aromatic carbocycles. The molecule has 1 unspecified atom stereocenters. The van der Waals surface area contributed by atoms with Crippen molar-refractivity contribution in [2.24, 2.45) is 0 Å². The third kappa shape index (κ3) is 7.47. The Morgan fingerprint density at radius 2 is 1.62 bits per heavy atom. The van der Waals surface area contributed by atoms with E-state index < -0.39 is 53.1 Å². The smallest absolute Gasteiger partial charge is 0.419 e. The van der Waals surface area contributed by atoms with E-state index in [9.17, 15) is 45.1 Å². The van der Waals surface area contributed by atoms with Gasteiger partial charge in [0, 0.05) is 6.54 Å². The minimum Gasteiger partial charge on any atom is -0.462 e. The molecular weight excluding hydrogens is 539 g/mol. The molecule has 0 saturated carbocycles. The first-order valence-electron chi connectivity index (χ1n) is 10.4. The average molecular weight is 558 g/mol. The van der Waals surface area contributed by atoms with Crippen LogP contribution in [0.3, 0.4) is 0 Å². The number of carbonyl (C=O) groups is 3. The molecule has 0 heterocycles. The fourth-order valence-corrected chi connectivity index (χ4v) is 3.29. The van der Waals surface area contributed by atoms with Crippen molar-refractivity contribution in [3.05, 3.63) is 57.9 Å². The lowest BCUT2D eigenvalue weighted by Crippen LogP contribution is -2.43. The first kappa shape index (κ1) is 29.7. The predicted molar refractivity (Wildman–Crippen MR) is 119 cm³/mol. The summed E-state index contributed by atoms with van der Waals surface area (Å²) in [5, 5.41) is 6.01. The molecule has 0 aliphatic carbocycles. The Morgan fingerprint density at radius 3 is 2.16 bits per heavy atom. The second kappa shape index (κ2) is 11.7. The molecule has 7 nitrogen and oxygen atoms in total. The molecule has 37 heavy (non-hydrogen) atoms. The number of nitrogens with one attached hydrogen (secondary N) is 3. The highest BCUT2D eigenvalue weighted by molar-refractivity contribution is 6.40. The number of hydrogen-bond acceptors (Lipinski definition) is 5. The molecule has 1 atom stereocenters. The van der Waals surface area contributed by atoms with E-state index in [0.29, 0.717) is 6.07 Å². The largest absolute Gasteiger partial charge is 0.462 e. The van der Waals surface area contributed by atoms with Crippen LogP contribution in [0.2, 0.25) is 5.02 Å². The molecule has 0 radical (unpaired) electrons. The SMILES string of the molecule is CCNc1cc(Cl)c(C(=O)OCC)cc1NC(=O)C(=O)NC(c1ccc(F)c(C(F)(F)F)c1)C(F)(F)F. The molecule has 0 spiro atoms. The van der Waals surface area contributed by atoms with E-state index in [1.54, 1.807) is 6.92 Å². The van der Waals surface area contributed by atoms with E-state index in [1.165, 1.54) is 18.3 Å². The van der Waals surface area contributed by atoms with E-state index >= 15 is 0 Å². The van der Waals surface area contributed by atoms with Crippen LogP contribution in [0.1, 0.15) is 41.4 Å². The maximum atomic E-state index is 13.6. The average Bonchev–Trinajstić information content (AvgIpc) is 2.78. The standard InChI is InChI=1S/C22H19ClF7N3O4/c1-3-31-15-9-13(23)11(20(36)37-4-2)8-16(15)32-18(34)19(35)33-17(22(28,29)30)10-5-6-14(24)12(7-10)21(25,26)27/h5-9,17,31H,3-4H2,1-2H3,(H,32,34)(H,33,35). The molecule has 0 fully saturated rings. The maximum absolute atomic E-state index is 13.6. The van der Waals surface area contributed by atoms with Gasteiger partial charge in [-0.15, -0.1) is 0 Å². The third-order valence-corrected chi connectivity index (χ3v) is 4.97. The van der Waals surface area contributed by atoms with Crippen molar-refractivity contribution in [3.8, 4) is 0 Å². The number of anilines is 2. The minimum absolute atomic E-state index is 0.0213. The monoisotopic (exact) mass is 557 g/mol. The van der Waals surface area contributed by atoms with E-state index in [1.807, 2.05) is 5.32 Å². The molecule has 15 heteroatoms. The maximum Gasteiger partial charge on any atom is 0.419 e. The van der Waals surface area contributed by atoms with Crippen LogP contribution in [-0.4, -0.2) is 37.1 Å². The fraction of sp³-hybridized carbons (Fsp3) is 0.318. The predicted octanol–water partition coefficient (Wildman–Crippen LogP) is 5.46. The molecule has 202 valence electrons. The highest BCUT2D eigenvalue weighted by Crippen LogP contribution is 2.37. The molecule has 0 aliphatic heterocycles. The second-order valence-electron chi connectivity index (χ2n) is 7.27. The van der Waals surface area contributed by atoms with Crippen LogP contribution >= 0.6 is 11.6 Å². The number of rotatable bonds is 7. The summed E-state index contributed by atoms with van der Waals surface area (Å²) in [6, 6.07) is -0.396. The van der Waals surface area contributed by atoms with Crippen LogP contribution in [-0.2, 0) is 20.5 Å². The lowest BCUT2D eigenvalue weighted by molar-refractivity contribution is -0.164. The summed E-state index contributed by atoms with van der Waals surface area (Å²) in [4.78, 5) is 36.8. The van der Waals surface area contributed by atoms with E-state index in [4.69, 9.17) is 16.3 Å². The minimum atomic E-state index is -5.36. The first-order valence-corrected chi connectivity index (χ1v) is 10.8. The molecule has 0 saturated heterocycles. The number of esters is 1. The fourth-order valence-electron chi connectivity index (χ4n) is 3.05. The topological polar surface area (TPSA) is 96.5 Å². The van der Waals surface area contributed by atoms with Crippen molar-refractivity contribution < 1.29 is 49.9 Å². The van der Waals surface area contributed by atoms with Crippen molar-refractivity contribution >= 4 is 40.8 Å². The van der Waals surface area contributed by atoms with Crippen LogP contribution < -0.4 is 16.0 Å². The quantitative estimate of drug-likeness (QED) is 0.239. The van der Waals surface area contributed by atoms with Gasteiger partial charge in [-0.3, -0.25) is 9.59 Å². The van der Waals surface area contributed by atoms with Crippen LogP contribution in [0.4, 0.5) is 42.1 Å². The summed E-state index contributed by atoms with van der Waals surface area (Å²) in [6.45, 7) is 3.41. The zero-order valence-electron chi connectivity index (χ0n) is 19.0. The highest BCUT2D eigenvalue weighted by Gasteiger charge is 2.44. The Hall–Kier alpha value is -3.55. The number of carbonyl (C=O) groups excluding carboxylic acids is 3. The van der Waals surface area contributed by atoms with Gasteiger partial charge >= 0.3 is 30.1 Å². The summed E-state index contributed by atoms with van der Waals surface area (Å²) in [7, 11) is 0. The molecule has 0 aliphatic rings. The summed E-state index contributed by atoms with van der Waals surface area (Å²) in [5.41, 5.74) is -3.49. The molecule has 2 aromatic rings. The Kier molecular flexibility index (Phi) is 9.36. The van der Waals surface area contributed by atoms with Gasteiger partial charge in [0.1, 0.15) is 5.82 Å². The highest BCUT2D eigenvalue weighted by atomic mass is 35.5. The molecule has 2 rings (SSSR count). The number of ether oxygens (including phenoxy) is 1. The molecule has 0 bridgehead atoms. The van der Waals surface area contributed by atoms with Crippen LogP contribution in [0.5, 0.6) is 0 Å². The number of amides is 2. The summed E-state index contributed by atoms with van der Waals surface area (Å²) >= 11 is 6.04. The van der Waals surface area contributed by atoms with Crippen molar-refractivity contribution in [3.63, 3.8) is 0 Å². The van der Waals surface area contributed by atoms with Gasteiger partial charge in [0.25, 0.3) is 0 Å². The van der Waals surface area contributed by atoms with Gasteiger partial charge in [-0.25, -0.2) is 9.18 Å². The van der Waals surface area contributed by atoms with Gasteiger partial charge in [-0.05, 0) is 43.7 Å². The number of benzene rings is 2. The van der Waals surface area contributed by atoms with Crippen LogP contribution in [0.25, 0.3) is 0 Å². The lowest BCUT2D eigenvalue weighted by atomic mass is 10.0. The summed E-state index contributed by atoms with van der Waals surface area (Å²) in [5.74, 6) is -6.24. The Balaban J connectivity index is 2.38. The summed E-state index contributed by atoms with van der Waals surface area (Å²) in [6.07, 6.45) is -10.7. The van der Waals surface area contributed by atoms with Crippen molar-refractivity contribution in [2.45, 2.75) is 32.2 Å². The van der Waals surface area contributed by atoms with Gasteiger partial charge < -0.3 is 20.7 Å². The Bertz CT molecular complexity index is 1190. The van der Waals surface area contributed by atoms with Gasteiger partial charge in [-0.2, -0.15) is 26.3 Å². The third-order valence-electron chi connectivity index (χ3n) is 4.66. The van der Waals surface area contributed by atoms with Crippen molar-refractivity contribution in [2.75, 3.05) is 23.8 Å². The zero-order chi connectivity index (χ0) is 28.1. The summed E-state index contributed by atoms with van der Waals surface area (Å²) < 4.78 is 98.1. The van der Waals surface area contributed by atoms with Gasteiger partial charge in [-0.1, -0.05) is 17.7 Å². The number of hydrogen-bond donors (Lipinski definition) is 3. The van der Waals surface area contributed by atoms with Crippen molar-refractivity contribution in [1.29, 1.82) is 0 Å². The number of halogens is 8. The van der Waals surface area contributed by atoms with E-state index in [0.717, 1.165) is 6.07 Å². The van der Waals surface area contributed by atoms with Crippen LogP contribution in [0, 0.1) is 5.82 Å². The molecular formula is C22H19ClF7N3O4. The Labute approximate surface area is 210 Å². The Morgan fingerprint density at radius 1 is 0.973 bits per heavy atom. The molecule has 2 amide bonds. The molecule has 0 aromatic heterocycles. The lowest BCUT2D eigenvalue weighted by Gasteiger charge is -2.23.